The molecule has 0 spiro atoms. The van der Waals surface area contributed by atoms with Crippen LogP contribution in [0.2, 0.25) is 0 Å². The lowest BCUT2D eigenvalue weighted by molar-refractivity contribution is -0.116. The lowest BCUT2D eigenvalue weighted by Crippen LogP contribution is -2.23. The molecule has 3 aromatic rings. The maximum Gasteiger partial charge on any atom is 0.225 e. The Morgan fingerprint density at radius 1 is 1.25 bits per heavy atom. The van der Waals surface area contributed by atoms with E-state index in [0.717, 1.165) is 27.8 Å². The molecule has 1 atom stereocenters. The molecule has 0 bridgehead atoms. The number of amides is 1. The number of nitrogens with zero attached hydrogens (tertiary/aromatic N) is 3. The van der Waals surface area contributed by atoms with E-state index < -0.39 is 0 Å². The fraction of sp³-hybridized carbons (Fsp3) is 0.143. The Morgan fingerprint density at radius 2 is 2.20 bits per heavy atom. The fourth-order valence-electron chi connectivity index (χ4n) is 2.69. The smallest absolute Gasteiger partial charge is 0.225 e. The summed E-state index contributed by atoms with van der Waals surface area (Å²) in [6.45, 7) is 0. The lowest BCUT2D eigenvalue weighted by atomic mass is 9.85. The topological polar surface area (TPSA) is 67.8 Å². The number of anilines is 1. The number of rotatable bonds is 1. The summed E-state index contributed by atoms with van der Waals surface area (Å²) < 4.78 is 8.67. The number of nitrogens with one attached hydrogen (secondary N) is 1. The molecule has 1 N–H and O–H groups in total. The Balaban J connectivity index is 1.99. The van der Waals surface area contributed by atoms with Crippen molar-refractivity contribution in [1.82, 2.24) is 13.7 Å². The Hall–Kier alpha value is -2.34. The predicted octanol–water partition coefficient (Wildman–Crippen LogP) is 2.56. The van der Waals surface area contributed by atoms with Crippen LogP contribution < -0.4 is 5.32 Å². The summed E-state index contributed by atoms with van der Waals surface area (Å²) >= 11 is 1.20. The summed E-state index contributed by atoms with van der Waals surface area (Å²) in [6.07, 6.45) is 3.96. The zero-order valence-corrected chi connectivity index (χ0v) is 11.2. The van der Waals surface area contributed by atoms with Crippen molar-refractivity contribution in [2.24, 2.45) is 0 Å². The number of carbonyl (C=O) groups excluding carboxylic acids is 1. The molecule has 0 saturated carbocycles. The zero-order chi connectivity index (χ0) is 13.5. The van der Waals surface area contributed by atoms with Crippen molar-refractivity contribution in [3.63, 3.8) is 0 Å². The van der Waals surface area contributed by atoms with Gasteiger partial charge in [-0.05, 0) is 23.8 Å². The highest BCUT2D eigenvalue weighted by atomic mass is 32.1. The summed E-state index contributed by atoms with van der Waals surface area (Å²) in [4.78, 5) is 16.1. The SMILES string of the molecule is O=C1C[C@H](c2cccnc2)c2c(ccc3nsnc23)N1. The van der Waals surface area contributed by atoms with Gasteiger partial charge in [0.2, 0.25) is 5.91 Å². The number of hydrogen-bond donors (Lipinski definition) is 1. The van der Waals surface area contributed by atoms with Crippen LogP contribution in [-0.2, 0) is 4.79 Å². The van der Waals surface area contributed by atoms with Crippen LogP contribution in [-0.4, -0.2) is 19.6 Å². The van der Waals surface area contributed by atoms with E-state index in [1.54, 1.807) is 6.20 Å². The van der Waals surface area contributed by atoms with Gasteiger partial charge in [0.25, 0.3) is 0 Å². The molecule has 1 amide bonds. The van der Waals surface area contributed by atoms with Gasteiger partial charge in [-0.15, -0.1) is 0 Å². The molecule has 2 aromatic heterocycles. The Morgan fingerprint density at radius 3 is 3.05 bits per heavy atom. The highest BCUT2D eigenvalue weighted by molar-refractivity contribution is 7.00. The molecule has 20 heavy (non-hydrogen) atoms. The molecule has 1 aliphatic heterocycles. The molecule has 98 valence electrons. The highest BCUT2D eigenvalue weighted by Gasteiger charge is 2.29. The number of pyridine rings is 1. The van der Waals surface area contributed by atoms with Gasteiger partial charge in [0.1, 0.15) is 11.0 Å². The first-order chi connectivity index (χ1) is 9.83. The molecule has 0 saturated heterocycles. The van der Waals surface area contributed by atoms with Crippen LogP contribution in [0.15, 0.2) is 36.7 Å². The molecule has 0 radical (unpaired) electrons. The monoisotopic (exact) mass is 282 g/mol. The quantitative estimate of drug-likeness (QED) is 0.745. The van der Waals surface area contributed by atoms with Crippen molar-refractivity contribution in [3.05, 3.63) is 47.8 Å². The van der Waals surface area contributed by atoms with E-state index in [9.17, 15) is 4.79 Å². The molecule has 0 aliphatic carbocycles. The Bertz CT molecular complexity index is 799. The van der Waals surface area contributed by atoms with Crippen LogP contribution in [0.3, 0.4) is 0 Å². The van der Waals surface area contributed by atoms with Gasteiger partial charge in [0.05, 0.1) is 11.7 Å². The number of carbonyl (C=O) groups is 1. The summed E-state index contributed by atoms with van der Waals surface area (Å²) in [5.41, 5.74) is 4.66. The second-order valence-corrected chi connectivity index (χ2v) is 5.28. The van der Waals surface area contributed by atoms with Crippen molar-refractivity contribution in [3.8, 4) is 0 Å². The van der Waals surface area contributed by atoms with Crippen LogP contribution in [0.1, 0.15) is 23.5 Å². The van der Waals surface area contributed by atoms with Crippen molar-refractivity contribution in [2.45, 2.75) is 12.3 Å². The molecule has 1 aliphatic rings. The van der Waals surface area contributed by atoms with E-state index >= 15 is 0 Å². The van der Waals surface area contributed by atoms with Crippen LogP contribution >= 0.6 is 11.7 Å². The minimum absolute atomic E-state index is 0.0138. The summed E-state index contributed by atoms with van der Waals surface area (Å²) in [7, 11) is 0. The fourth-order valence-corrected chi connectivity index (χ4v) is 3.24. The van der Waals surface area contributed by atoms with Gasteiger partial charge in [-0.1, -0.05) is 6.07 Å². The minimum Gasteiger partial charge on any atom is -0.326 e. The van der Waals surface area contributed by atoms with Crippen molar-refractivity contribution < 1.29 is 4.79 Å². The summed E-state index contributed by atoms with van der Waals surface area (Å²) in [5, 5.41) is 2.92. The predicted molar refractivity (Wildman–Crippen MR) is 76.7 cm³/mol. The van der Waals surface area contributed by atoms with E-state index in [0.29, 0.717) is 6.42 Å². The van der Waals surface area contributed by atoms with Gasteiger partial charge in [-0.3, -0.25) is 9.78 Å². The number of benzene rings is 1. The van der Waals surface area contributed by atoms with Gasteiger partial charge >= 0.3 is 0 Å². The largest absolute Gasteiger partial charge is 0.326 e. The molecule has 6 heteroatoms. The second kappa shape index (κ2) is 4.35. The molecule has 1 aromatic carbocycles. The van der Waals surface area contributed by atoms with Gasteiger partial charge in [-0.2, -0.15) is 8.75 Å². The van der Waals surface area contributed by atoms with Crippen molar-refractivity contribution in [2.75, 3.05) is 5.32 Å². The maximum atomic E-state index is 11.9. The molecule has 0 unspecified atom stereocenters. The standard InChI is InChI=1S/C14H10N4OS/c19-12-6-9(8-2-1-5-15-7-8)13-10(16-12)3-4-11-14(13)18-20-17-11/h1-5,7,9H,6H2,(H,16,19)/t9-/m1/s1. The van der Waals surface area contributed by atoms with Crippen LogP contribution in [0.5, 0.6) is 0 Å². The molecule has 4 rings (SSSR count). The molecule has 0 fully saturated rings. The van der Waals surface area contributed by atoms with Gasteiger partial charge in [0, 0.05) is 36.0 Å². The summed E-state index contributed by atoms with van der Waals surface area (Å²) in [5.74, 6) is 0.00828. The minimum atomic E-state index is -0.0138. The maximum absolute atomic E-state index is 11.9. The van der Waals surface area contributed by atoms with Crippen molar-refractivity contribution >= 4 is 34.4 Å². The van der Waals surface area contributed by atoms with Gasteiger partial charge < -0.3 is 5.32 Å². The zero-order valence-electron chi connectivity index (χ0n) is 10.4. The number of hydrogen-bond acceptors (Lipinski definition) is 5. The first-order valence-electron chi connectivity index (χ1n) is 6.28. The Kier molecular flexibility index (Phi) is 2.50. The first-order valence-corrected chi connectivity index (χ1v) is 7.01. The average Bonchev–Trinajstić information content (AvgIpc) is 2.95. The average molecular weight is 282 g/mol. The first kappa shape index (κ1) is 11.5. The van der Waals surface area contributed by atoms with Crippen LogP contribution in [0.4, 0.5) is 5.69 Å². The normalized spacial score (nSPS) is 17.8. The van der Waals surface area contributed by atoms with Crippen molar-refractivity contribution in [1.29, 1.82) is 0 Å². The highest BCUT2D eigenvalue weighted by Crippen LogP contribution is 2.40. The summed E-state index contributed by atoms with van der Waals surface area (Å²) in [6, 6.07) is 7.68. The van der Waals surface area contributed by atoms with Gasteiger partial charge in [0.15, 0.2) is 0 Å². The molecule has 3 heterocycles. The van der Waals surface area contributed by atoms with Gasteiger partial charge in [-0.25, -0.2) is 0 Å². The number of aromatic nitrogens is 3. The van der Waals surface area contributed by atoms with E-state index in [1.807, 2.05) is 30.5 Å². The molecular formula is C14H10N4OS. The number of fused-ring (bicyclic) bond motifs is 3. The van der Waals surface area contributed by atoms with E-state index in [4.69, 9.17) is 0 Å². The third-order valence-electron chi connectivity index (χ3n) is 3.57. The second-order valence-electron chi connectivity index (χ2n) is 4.75. The third kappa shape index (κ3) is 1.69. The lowest BCUT2D eigenvalue weighted by Gasteiger charge is -2.25. The van der Waals surface area contributed by atoms with E-state index in [1.165, 1.54) is 11.7 Å². The van der Waals surface area contributed by atoms with Crippen LogP contribution in [0, 0.1) is 0 Å². The van der Waals surface area contributed by atoms with E-state index in [-0.39, 0.29) is 11.8 Å². The third-order valence-corrected chi connectivity index (χ3v) is 4.11. The van der Waals surface area contributed by atoms with E-state index in [2.05, 4.69) is 19.0 Å². The molecule has 5 nitrogen and oxygen atoms in total. The Labute approximate surface area is 119 Å². The molecular weight excluding hydrogens is 272 g/mol. The van der Waals surface area contributed by atoms with Crippen LogP contribution in [0.25, 0.3) is 11.0 Å².